The van der Waals surface area contributed by atoms with E-state index in [9.17, 15) is 0 Å². The lowest BCUT2D eigenvalue weighted by molar-refractivity contribution is 0.209. The monoisotopic (exact) mass is 285 g/mol. The van der Waals surface area contributed by atoms with E-state index in [2.05, 4.69) is 42.8 Å². The molecule has 0 saturated heterocycles. The molecule has 0 fully saturated rings. The van der Waals surface area contributed by atoms with Gasteiger partial charge in [-0.2, -0.15) is 0 Å². The maximum absolute atomic E-state index is 6.06. The van der Waals surface area contributed by atoms with Crippen LogP contribution in [0.5, 0.6) is 0 Å². The molecule has 0 saturated carbocycles. The molecule has 0 radical (unpaired) electrons. The van der Waals surface area contributed by atoms with E-state index in [1.807, 2.05) is 18.3 Å². The van der Waals surface area contributed by atoms with Crippen molar-refractivity contribution in [3.05, 3.63) is 36.0 Å². The summed E-state index contributed by atoms with van der Waals surface area (Å²) < 4.78 is 0. The summed E-state index contributed by atoms with van der Waals surface area (Å²) in [4.78, 5) is 7.07. The van der Waals surface area contributed by atoms with Crippen LogP contribution in [0.25, 0.3) is 10.9 Å². The highest BCUT2D eigenvalue weighted by Gasteiger charge is 2.13. The quantitative estimate of drug-likeness (QED) is 0.612. The van der Waals surface area contributed by atoms with Gasteiger partial charge < -0.3 is 5.73 Å². The molecule has 1 heterocycles. The Morgan fingerprint density at radius 1 is 1.19 bits per heavy atom. The Balaban J connectivity index is 2.22. The summed E-state index contributed by atoms with van der Waals surface area (Å²) in [6.07, 6.45) is 5.67. The molecular weight excluding hydrogens is 258 g/mol. The number of nitrogens with two attached hydrogens (primary N) is 1. The first-order valence-corrected chi connectivity index (χ1v) is 7.99. The van der Waals surface area contributed by atoms with E-state index in [0.29, 0.717) is 6.04 Å². The normalized spacial score (nSPS) is 11.7. The maximum atomic E-state index is 6.06. The van der Waals surface area contributed by atoms with Gasteiger partial charge in [0.05, 0.1) is 5.52 Å². The molecule has 2 rings (SSSR count). The Morgan fingerprint density at radius 3 is 2.71 bits per heavy atom. The van der Waals surface area contributed by atoms with Crippen molar-refractivity contribution in [2.45, 2.75) is 52.6 Å². The number of nitrogens with zero attached hydrogens (tertiary/aromatic N) is 2. The summed E-state index contributed by atoms with van der Waals surface area (Å²) in [5.41, 5.74) is 9.18. The number of unbranched alkanes of at least 4 members (excludes halogenated alkanes) is 2. The van der Waals surface area contributed by atoms with E-state index in [-0.39, 0.29) is 0 Å². The third kappa shape index (κ3) is 3.94. The maximum Gasteiger partial charge on any atom is 0.0767 e. The number of nitrogen functional groups attached to an aromatic ring is 1. The van der Waals surface area contributed by atoms with Crippen LogP contribution in [0.2, 0.25) is 0 Å². The second-order valence-electron chi connectivity index (χ2n) is 5.98. The van der Waals surface area contributed by atoms with Crippen molar-refractivity contribution in [3.63, 3.8) is 0 Å². The number of aromatic nitrogens is 1. The standard InChI is InChI=1S/C18H27N3/c1-4-5-6-12-21(14(2)3)13-15-9-10-17(19)16-8-7-11-20-18(15)16/h7-11,14H,4-6,12-13,19H2,1-3H3. The molecule has 0 amide bonds. The van der Waals surface area contributed by atoms with E-state index in [4.69, 9.17) is 5.73 Å². The Kier molecular flexibility index (Phi) is 5.57. The topological polar surface area (TPSA) is 42.1 Å². The van der Waals surface area contributed by atoms with Gasteiger partial charge in [-0.25, -0.2) is 0 Å². The van der Waals surface area contributed by atoms with Crippen LogP contribution in [0.3, 0.4) is 0 Å². The van der Waals surface area contributed by atoms with Crippen molar-refractivity contribution < 1.29 is 0 Å². The Bertz CT molecular complexity index is 578. The molecule has 114 valence electrons. The zero-order valence-corrected chi connectivity index (χ0v) is 13.5. The first-order valence-electron chi connectivity index (χ1n) is 7.99. The number of anilines is 1. The predicted molar refractivity (Wildman–Crippen MR) is 91.2 cm³/mol. The van der Waals surface area contributed by atoms with Gasteiger partial charge in [-0.1, -0.05) is 25.8 Å². The van der Waals surface area contributed by atoms with Crippen LogP contribution in [0.4, 0.5) is 5.69 Å². The van der Waals surface area contributed by atoms with Crippen LogP contribution >= 0.6 is 0 Å². The molecule has 2 N–H and O–H groups in total. The molecule has 21 heavy (non-hydrogen) atoms. The van der Waals surface area contributed by atoms with Crippen LogP contribution in [-0.2, 0) is 6.54 Å². The van der Waals surface area contributed by atoms with E-state index in [1.54, 1.807) is 0 Å². The molecule has 2 aromatic rings. The summed E-state index contributed by atoms with van der Waals surface area (Å²) in [5, 5.41) is 1.06. The van der Waals surface area contributed by atoms with Crippen molar-refractivity contribution in [2.24, 2.45) is 0 Å². The summed E-state index contributed by atoms with van der Waals surface area (Å²) in [6.45, 7) is 8.86. The van der Waals surface area contributed by atoms with Gasteiger partial charge >= 0.3 is 0 Å². The summed E-state index contributed by atoms with van der Waals surface area (Å²) in [6, 6.07) is 8.67. The van der Waals surface area contributed by atoms with Crippen LogP contribution < -0.4 is 5.73 Å². The van der Waals surface area contributed by atoms with E-state index >= 15 is 0 Å². The van der Waals surface area contributed by atoms with Gasteiger partial charge in [-0.15, -0.1) is 0 Å². The molecule has 0 spiro atoms. The lowest BCUT2D eigenvalue weighted by atomic mass is 10.1. The van der Waals surface area contributed by atoms with Gasteiger partial charge in [0.2, 0.25) is 0 Å². The van der Waals surface area contributed by atoms with Gasteiger partial charge in [0, 0.05) is 29.9 Å². The number of hydrogen-bond donors (Lipinski definition) is 1. The zero-order valence-electron chi connectivity index (χ0n) is 13.5. The molecule has 0 atom stereocenters. The fraction of sp³-hybridized carbons (Fsp3) is 0.500. The van der Waals surface area contributed by atoms with E-state index in [1.165, 1.54) is 24.8 Å². The van der Waals surface area contributed by atoms with E-state index < -0.39 is 0 Å². The fourth-order valence-corrected chi connectivity index (χ4v) is 2.68. The second kappa shape index (κ2) is 7.41. The molecule has 0 unspecified atom stereocenters. The molecule has 0 aliphatic heterocycles. The van der Waals surface area contributed by atoms with Crippen LogP contribution in [0.15, 0.2) is 30.5 Å². The molecule has 0 aliphatic carbocycles. The van der Waals surface area contributed by atoms with Crippen molar-refractivity contribution in [1.29, 1.82) is 0 Å². The highest BCUT2D eigenvalue weighted by atomic mass is 15.1. The molecule has 3 nitrogen and oxygen atoms in total. The minimum atomic E-state index is 0.540. The van der Waals surface area contributed by atoms with Gasteiger partial charge in [-0.05, 0) is 50.6 Å². The zero-order chi connectivity index (χ0) is 15.2. The first-order chi connectivity index (χ1) is 10.1. The van der Waals surface area contributed by atoms with Crippen molar-refractivity contribution in [3.8, 4) is 0 Å². The van der Waals surface area contributed by atoms with Crippen molar-refractivity contribution >= 4 is 16.6 Å². The third-order valence-electron chi connectivity index (χ3n) is 4.04. The Labute approximate surface area is 128 Å². The van der Waals surface area contributed by atoms with Crippen LogP contribution in [0.1, 0.15) is 45.6 Å². The SMILES string of the molecule is CCCCCN(Cc1ccc(N)c2cccnc12)C(C)C. The molecule has 0 aliphatic rings. The predicted octanol–water partition coefficient (Wildman–Crippen LogP) is 4.22. The average molecular weight is 285 g/mol. The Hall–Kier alpha value is -1.61. The number of pyridine rings is 1. The largest absolute Gasteiger partial charge is 0.398 e. The van der Waals surface area contributed by atoms with Crippen molar-refractivity contribution in [2.75, 3.05) is 12.3 Å². The minimum absolute atomic E-state index is 0.540. The van der Waals surface area contributed by atoms with E-state index in [0.717, 1.165) is 29.7 Å². The van der Waals surface area contributed by atoms with Crippen molar-refractivity contribution in [1.82, 2.24) is 9.88 Å². The number of rotatable bonds is 7. The number of fused-ring (bicyclic) bond motifs is 1. The highest BCUT2D eigenvalue weighted by molar-refractivity contribution is 5.92. The summed E-state index contributed by atoms with van der Waals surface area (Å²) in [7, 11) is 0. The minimum Gasteiger partial charge on any atom is -0.398 e. The van der Waals surface area contributed by atoms with Gasteiger partial charge in [-0.3, -0.25) is 9.88 Å². The second-order valence-corrected chi connectivity index (χ2v) is 5.98. The van der Waals surface area contributed by atoms with Gasteiger partial charge in [0.15, 0.2) is 0 Å². The molecule has 1 aromatic carbocycles. The summed E-state index contributed by atoms with van der Waals surface area (Å²) >= 11 is 0. The summed E-state index contributed by atoms with van der Waals surface area (Å²) in [5.74, 6) is 0. The Morgan fingerprint density at radius 2 is 2.00 bits per heavy atom. The number of hydrogen-bond acceptors (Lipinski definition) is 3. The van der Waals surface area contributed by atoms with Gasteiger partial charge in [0.25, 0.3) is 0 Å². The molecule has 0 bridgehead atoms. The van der Waals surface area contributed by atoms with Crippen LogP contribution in [0, 0.1) is 0 Å². The third-order valence-corrected chi connectivity index (χ3v) is 4.04. The molecule has 3 heteroatoms. The average Bonchev–Trinajstić information content (AvgIpc) is 2.49. The van der Waals surface area contributed by atoms with Gasteiger partial charge in [0.1, 0.15) is 0 Å². The molecular formula is C18H27N3. The molecule has 1 aromatic heterocycles. The fourth-order valence-electron chi connectivity index (χ4n) is 2.68. The van der Waals surface area contributed by atoms with Crippen LogP contribution in [-0.4, -0.2) is 22.5 Å². The lowest BCUT2D eigenvalue weighted by Gasteiger charge is -2.27. The first kappa shape index (κ1) is 15.8. The number of benzene rings is 1. The smallest absolute Gasteiger partial charge is 0.0767 e. The lowest BCUT2D eigenvalue weighted by Crippen LogP contribution is -2.31. The highest BCUT2D eigenvalue weighted by Crippen LogP contribution is 2.24.